The number of nitrogens with one attached hydrogen (secondary N) is 1. The van der Waals surface area contributed by atoms with E-state index in [1.165, 1.54) is 6.20 Å². The van der Waals surface area contributed by atoms with Gasteiger partial charge in [-0.05, 0) is 6.07 Å². The first-order valence-corrected chi connectivity index (χ1v) is 6.25. The van der Waals surface area contributed by atoms with Crippen LogP contribution in [0.15, 0.2) is 23.3 Å². The molecule has 0 amide bonds. The van der Waals surface area contributed by atoms with Gasteiger partial charge in [0, 0.05) is 25.5 Å². The van der Waals surface area contributed by atoms with Gasteiger partial charge in [0.15, 0.2) is 5.95 Å². The van der Waals surface area contributed by atoms with Crippen molar-refractivity contribution in [2.45, 2.75) is 0 Å². The van der Waals surface area contributed by atoms with E-state index in [0.717, 1.165) is 13.1 Å². The Morgan fingerprint density at radius 1 is 1.30 bits per heavy atom. The molecule has 8 heteroatoms. The molecular formula is C12H14N6O2. The number of ether oxygens (including phenoxy) is 1. The second kappa shape index (κ2) is 5.25. The number of nitrogens with zero attached hydrogens (tertiary/aromatic N) is 4. The fourth-order valence-corrected chi connectivity index (χ4v) is 2.01. The van der Waals surface area contributed by atoms with E-state index in [2.05, 4.69) is 19.9 Å². The highest BCUT2D eigenvalue weighted by Crippen LogP contribution is 2.15. The van der Waals surface area contributed by atoms with Gasteiger partial charge in [-0.2, -0.15) is 0 Å². The maximum Gasteiger partial charge on any atom is 0.261 e. The lowest BCUT2D eigenvalue weighted by Crippen LogP contribution is -2.37. The van der Waals surface area contributed by atoms with Crippen molar-refractivity contribution in [2.24, 2.45) is 0 Å². The number of nitrogens with two attached hydrogens (primary N) is 1. The average Bonchev–Trinajstić information content (AvgIpc) is 2.48. The first kappa shape index (κ1) is 12.5. The summed E-state index contributed by atoms with van der Waals surface area (Å²) in [7, 11) is 0. The first-order chi connectivity index (χ1) is 9.74. The van der Waals surface area contributed by atoms with Crippen molar-refractivity contribution >= 4 is 11.9 Å². The molecule has 8 nitrogen and oxygen atoms in total. The molecule has 0 aromatic carbocycles. The summed E-state index contributed by atoms with van der Waals surface area (Å²) in [4.78, 5) is 28.9. The van der Waals surface area contributed by atoms with Gasteiger partial charge in [0.05, 0.1) is 24.5 Å². The molecule has 1 saturated heterocycles. The van der Waals surface area contributed by atoms with Crippen LogP contribution in [0.5, 0.6) is 0 Å². The maximum atomic E-state index is 11.9. The minimum absolute atomic E-state index is 0.0845. The van der Waals surface area contributed by atoms with Crippen molar-refractivity contribution in [1.82, 2.24) is 19.9 Å². The summed E-state index contributed by atoms with van der Waals surface area (Å²) in [6.45, 7) is 2.77. The maximum absolute atomic E-state index is 11.9. The van der Waals surface area contributed by atoms with Crippen LogP contribution in [-0.2, 0) is 4.74 Å². The van der Waals surface area contributed by atoms with Crippen molar-refractivity contribution in [3.63, 3.8) is 0 Å². The number of nitrogen functional groups attached to an aromatic ring is 1. The SMILES string of the molecule is Nc1ncc(-c2ccnc(N3CCOCC3)n2)c(=O)[nH]1. The average molecular weight is 274 g/mol. The van der Waals surface area contributed by atoms with Gasteiger partial charge < -0.3 is 15.4 Å². The topological polar surface area (TPSA) is 110 Å². The summed E-state index contributed by atoms with van der Waals surface area (Å²) < 4.78 is 5.29. The van der Waals surface area contributed by atoms with Crippen molar-refractivity contribution in [1.29, 1.82) is 0 Å². The van der Waals surface area contributed by atoms with E-state index >= 15 is 0 Å². The minimum atomic E-state index is -0.316. The zero-order chi connectivity index (χ0) is 13.9. The van der Waals surface area contributed by atoms with E-state index in [-0.39, 0.29) is 11.5 Å². The van der Waals surface area contributed by atoms with E-state index in [1.807, 2.05) is 4.90 Å². The minimum Gasteiger partial charge on any atom is -0.378 e. The van der Waals surface area contributed by atoms with E-state index in [4.69, 9.17) is 10.5 Å². The molecule has 3 rings (SSSR count). The predicted molar refractivity (Wildman–Crippen MR) is 73.3 cm³/mol. The third-order valence-corrected chi connectivity index (χ3v) is 3.03. The number of H-pyrrole nitrogens is 1. The van der Waals surface area contributed by atoms with Gasteiger partial charge in [-0.1, -0.05) is 0 Å². The van der Waals surface area contributed by atoms with Crippen molar-refractivity contribution in [3.8, 4) is 11.3 Å². The molecule has 0 bridgehead atoms. The van der Waals surface area contributed by atoms with Crippen molar-refractivity contribution < 1.29 is 4.74 Å². The zero-order valence-corrected chi connectivity index (χ0v) is 10.7. The molecule has 0 saturated carbocycles. The Balaban J connectivity index is 1.96. The predicted octanol–water partition coefficient (Wildman–Crippen LogP) is -0.354. The summed E-state index contributed by atoms with van der Waals surface area (Å²) >= 11 is 0. The summed E-state index contributed by atoms with van der Waals surface area (Å²) in [5.41, 5.74) is 6.01. The third-order valence-electron chi connectivity index (χ3n) is 3.03. The van der Waals surface area contributed by atoms with E-state index < -0.39 is 0 Å². The molecule has 2 aromatic rings. The molecule has 104 valence electrons. The highest BCUT2D eigenvalue weighted by Gasteiger charge is 2.15. The molecular weight excluding hydrogens is 260 g/mol. The van der Waals surface area contributed by atoms with E-state index in [0.29, 0.717) is 30.4 Å². The van der Waals surface area contributed by atoms with Crippen LogP contribution in [0, 0.1) is 0 Å². The van der Waals surface area contributed by atoms with Gasteiger partial charge in [-0.3, -0.25) is 9.78 Å². The number of hydrogen-bond acceptors (Lipinski definition) is 7. The van der Waals surface area contributed by atoms with Gasteiger partial charge in [0.2, 0.25) is 5.95 Å². The van der Waals surface area contributed by atoms with Gasteiger partial charge >= 0.3 is 0 Å². The largest absolute Gasteiger partial charge is 0.378 e. The van der Waals surface area contributed by atoms with Crippen LogP contribution in [0.4, 0.5) is 11.9 Å². The molecule has 1 aliphatic rings. The lowest BCUT2D eigenvalue weighted by Gasteiger charge is -2.26. The fraction of sp³-hybridized carbons (Fsp3) is 0.333. The van der Waals surface area contributed by atoms with Crippen LogP contribution in [0.1, 0.15) is 0 Å². The Kier molecular flexibility index (Phi) is 3.30. The van der Waals surface area contributed by atoms with Crippen LogP contribution >= 0.6 is 0 Å². The number of anilines is 2. The molecule has 3 heterocycles. The quantitative estimate of drug-likeness (QED) is 0.769. The number of rotatable bonds is 2. The Morgan fingerprint density at radius 2 is 2.10 bits per heavy atom. The van der Waals surface area contributed by atoms with Crippen LogP contribution in [-0.4, -0.2) is 46.2 Å². The van der Waals surface area contributed by atoms with E-state index in [9.17, 15) is 4.79 Å². The lowest BCUT2D eigenvalue weighted by molar-refractivity contribution is 0.122. The molecule has 1 fully saturated rings. The van der Waals surface area contributed by atoms with Crippen LogP contribution in [0.2, 0.25) is 0 Å². The normalized spacial score (nSPS) is 15.3. The Labute approximate surface area is 114 Å². The van der Waals surface area contributed by atoms with Crippen molar-refractivity contribution in [2.75, 3.05) is 36.9 Å². The number of aromatic amines is 1. The summed E-state index contributed by atoms with van der Waals surface area (Å²) in [6, 6.07) is 1.67. The molecule has 1 aliphatic heterocycles. The molecule has 3 N–H and O–H groups in total. The Hall–Kier alpha value is -2.48. The molecule has 0 atom stereocenters. The number of aromatic nitrogens is 4. The Bertz CT molecular complexity index is 665. The van der Waals surface area contributed by atoms with Gasteiger partial charge in [0.1, 0.15) is 0 Å². The molecule has 20 heavy (non-hydrogen) atoms. The summed E-state index contributed by atoms with van der Waals surface area (Å²) in [5, 5.41) is 0. The highest BCUT2D eigenvalue weighted by molar-refractivity contribution is 5.58. The van der Waals surface area contributed by atoms with Crippen molar-refractivity contribution in [3.05, 3.63) is 28.8 Å². The molecule has 0 aliphatic carbocycles. The van der Waals surface area contributed by atoms with Crippen LogP contribution < -0.4 is 16.2 Å². The second-order valence-corrected chi connectivity index (χ2v) is 4.35. The highest BCUT2D eigenvalue weighted by atomic mass is 16.5. The van der Waals surface area contributed by atoms with Gasteiger partial charge in [0.25, 0.3) is 5.56 Å². The van der Waals surface area contributed by atoms with Gasteiger partial charge in [-0.15, -0.1) is 0 Å². The Morgan fingerprint density at radius 3 is 2.85 bits per heavy atom. The zero-order valence-electron chi connectivity index (χ0n) is 10.7. The third kappa shape index (κ3) is 2.45. The smallest absolute Gasteiger partial charge is 0.261 e. The summed E-state index contributed by atoms with van der Waals surface area (Å²) in [6.07, 6.45) is 3.04. The fourth-order valence-electron chi connectivity index (χ4n) is 2.01. The standard InChI is InChI=1S/C12H14N6O2/c13-11-15-7-8(10(19)17-11)9-1-2-14-12(16-9)18-3-5-20-6-4-18/h1-2,7H,3-6H2,(H3,13,15,17,19). The number of morpholine rings is 1. The lowest BCUT2D eigenvalue weighted by atomic mass is 10.2. The second-order valence-electron chi connectivity index (χ2n) is 4.35. The summed E-state index contributed by atoms with van der Waals surface area (Å²) in [5.74, 6) is 0.670. The van der Waals surface area contributed by atoms with Crippen LogP contribution in [0.3, 0.4) is 0 Å². The van der Waals surface area contributed by atoms with Crippen LogP contribution in [0.25, 0.3) is 11.3 Å². The number of hydrogen-bond donors (Lipinski definition) is 2. The van der Waals surface area contributed by atoms with E-state index in [1.54, 1.807) is 12.3 Å². The molecule has 0 radical (unpaired) electrons. The molecule has 0 spiro atoms. The first-order valence-electron chi connectivity index (χ1n) is 6.25. The monoisotopic (exact) mass is 274 g/mol. The van der Waals surface area contributed by atoms with Gasteiger partial charge in [-0.25, -0.2) is 15.0 Å². The molecule has 0 unspecified atom stereocenters. The molecule has 2 aromatic heterocycles.